The molecule has 1 aromatic rings. The van der Waals surface area contributed by atoms with Gasteiger partial charge in [-0.05, 0) is 31.0 Å². The lowest BCUT2D eigenvalue weighted by Crippen LogP contribution is -2.36. The van der Waals surface area contributed by atoms with Gasteiger partial charge in [-0.1, -0.05) is 36.0 Å². The van der Waals surface area contributed by atoms with E-state index in [4.69, 9.17) is 27.9 Å². The van der Waals surface area contributed by atoms with Crippen molar-refractivity contribution in [2.24, 2.45) is 0 Å². The van der Waals surface area contributed by atoms with E-state index < -0.39 is 0 Å². The van der Waals surface area contributed by atoms with Gasteiger partial charge >= 0.3 is 0 Å². The smallest absolute Gasteiger partial charge is 0.258 e. The number of rotatable bonds is 4. The summed E-state index contributed by atoms with van der Waals surface area (Å²) in [6, 6.07) is 5.24. The molecule has 1 saturated carbocycles. The van der Waals surface area contributed by atoms with Crippen LogP contribution in [-0.2, 0) is 4.79 Å². The Bertz CT molecular complexity index is 431. The van der Waals surface area contributed by atoms with Crippen LogP contribution in [0.15, 0.2) is 18.2 Å². The minimum absolute atomic E-state index is 0.0160. The second kappa shape index (κ2) is 6.30. The Morgan fingerprint density at radius 2 is 2.06 bits per heavy atom. The first kappa shape index (κ1) is 13.5. The fourth-order valence-corrected chi connectivity index (χ4v) is 2.54. The van der Waals surface area contributed by atoms with Crippen LogP contribution in [0.3, 0.4) is 0 Å². The lowest BCUT2D eigenvalue weighted by molar-refractivity contribution is -0.123. The Labute approximate surface area is 116 Å². The van der Waals surface area contributed by atoms with Crippen LogP contribution in [-0.4, -0.2) is 18.6 Å². The molecule has 1 fully saturated rings. The summed E-state index contributed by atoms with van der Waals surface area (Å²) in [7, 11) is 0. The molecule has 0 heterocycles. The third kappa shape index (κ3) is 3.79. The molecule has 1 aromatic carbocycles. The second-order valence-electron chi connectivity index (χ2n) is 4.41. The highest BCUT2D eigenvalue weighted by molar-refractivity contribution is 6.35. The molecule has 0 bridgehead atoms. The Hall–Kier alpha value is -0.930. The average Bonchev–Trinajstić information content (AvgIpc) is 2.80. The van der Waals surface area contributed by atoms with Crippen molar-refractivity contribution in [1.82, 2.24) is 5.32 Å². The van der Waals surface area contributed by atoms with Crippen molar-refractivity contribution < 1.29 is 9.53 Å². The summed E-state index contributed by atoms with van der Waals surface area (Å²) in [5.74, 6) is 0.371. The zero-order valence-electron chi connectivity index (χ0n) is 9.92. The van der Waals surface area contributed by atoms with Crippen molar-refractivity contribution in [3.63, 3.8) is 0 Å². The Kier molecular flexibility index (Phi) is 4.72. The maximum Gasteiger partial charge on any atom is 0.258 e. The van der Waals surface area contributed by atoms with E-state index in [1.165, 1.54) is 12.8 Å². The van der Waals surface area contributed by atoms with Crippen LogP contribution in [0.2, 0.25) is 10.0 Å². The molecule has 0 atom stereocenters. The van der Waals surface area contributed by atoms with Gasteiger partial charge in [0, 0.05) is 11.1 Å². The SMILES string of the molecule is O=C(COc1ccc(Cl)cc1Cl)NC1CCCC1. The van der Waals surface area contributed by atoms with Gasteiger partial charge in [0.15, 0.2) is 6.61 Å². The van der Waals surface area contributed by atoms with Gasteiger partial charge in [0.05, 0.1) is 5.02 Å². The van der Waals surface area contributed by atoms with Gasteiger partial charge in [0.1, 0.15) is 5.75 Å². The molecule has 0 aromatic heterocycles. The Balaban J connectivity index is 1.81. The molecule has 0 unspecified atom stereocenters. The third-order valence-electron chi connectivity index (χ3n) is 2.97. The van der Waals surface area contributed by atoms with Crippen molar-refractivity contribution in [3.05, 3.63) is 28.2 Å². The topological polar surface area (TPSA) is 38.3 Å². The highest BCUT2D eigenvalue weighted by atomic mass is 35.5. The van der Waals surface area contributed by atoms with Crippen LogP contribution in [0.4, 0.5) is 0 Å². The minimum Gasteiger partial charge on any atom is -0.482 e. The number of benzene rings is 1. The summed E-state index contributed by atoms with van der Waals surface area (Å²) in [4.78, 5) is 11.6. The van der Waals surface area contributed by atoms with Crippen molar-refractivity contribution in [2.75, 3.05) is 6.61 Å². The first-order chi connectivity index (χ1) is 8.65. The average molecular weight is 288 g/mol. The molecule has 1 amide bonds. The van der Waals surface area contributed by atoms with Gasteiger partial charge < -0.3 is 10.1 Å². The third-order valence-corrected chi connectivity index (χ3v) is 3.50. The number of ether oxygens (including phenoxy) is 1. The van der Waals surface area contributed by atoms with Gasteiger partial charge in [0.2, 0.25) is 0 Å². The molecule has 2 rings (SSSR count). The number of carbonyl (C=O) groups is 1. The van der Waals surface area contributed by atoms with Crippen molar-refractivity contribution in [2.45, 2.75) is 31.7 Å². The van der Waals surface area contributed by atoms with E-state index in [0.29, 0.717) is 21.8 Å². The molecule has 5 heteroatoms. The molecule has 18 heavy (non-hydrogen) atoms. The fraction of sp³-hybridized carbons (Fsp3) is 0.462. The van der Waals surface area contributed by atoms with Crippen LogP contribution in [0.25, 0.3) is 0 Å². The molecular weight excluding hydrogens is 273 g/mol. The molecule has 0 radical (unpaired) electrons. The van der Waals surface area contributed by atoms with Gasteiger partial charge in [-0.25, -0.2) is 0 Å². The first-order valence-corrected chi connectivity index (χ1v) is 6.78. The number of hydrogen-bond donors (Lipinski definition) is 1. The summed E-state index contributed by atoms with van der Waals surface area (Å²) in [6.45, 7) is -0.0160. The summed E-state index contributed by atoms with van der Waals surface area (Å²) in [5, 5.41) is 3.90. The summed E-state index contributed by atoms with van der Waals surface area (Å²) < 4.78 is 5.36. The molecular formula is C13H15Cl2NO2. The molecule has 0 aliphatic heterocycles. The van der Waals surface area contributed by atoms with Crippen LogP contribution >= 0.6 is 23.2 Å². The lowest BCUT2D eigenvalue weighted by Gasteiger charge is -2.13. The number of halogens is 2. The zero-order valence-corrected chi connectivity index (χ0v) is 11.4. The van der Waals surface area contributed by atoms with E-state index >= 15 is 0 Å². The number of hydrogen-bond acceptors (Lipinski definition) is 2. The van der Waals surface area contributed by atoms with E-state index in [9.17, 15) is 4.79 Å². The molecule has 1 aliphatic rings. The molecule has 3 nitrogen and oxygen atoms in total. The normalized spacial score (nSPS) is 15.7. The lowest BCUT2D eigenvalue weighted by atomic mass is 10.2. The first-order valence-electron chi connectivity index (χ1n) is 6.02. The van der Waals surface area contributed by atoms with E-state index in [0.717, 1.165) is 12.8 Å². The Morgan fingerprint density at radius 1 is 1.33 bits per heavy atom. The summed E-state index contributed by atoms with van der Waals surface area (Å²) in [5.41, 5.74) is 0. The molecule has 1 N–H and O–H groups in total. The van der Waals surface area contributed by atoms with Gasteiger partial charge in [-0.15, -0.1) is 0 Å². The summed E-state index contributed by atoms with van der Waals surface area (Å²) >= 11 is 11.7. The van der Waals surface area contributed by atoms with E-state index in [-0.39, 0.29) is 12.5 Å². The maximum atomic E-state index is 11.6. The highest BCUT2D eigenvalue weighted by Crippen LogP contribution is 2.27. The molecule has 0 saturated heterocycles. The van der Waals surface area contributed by atoms with Gasteiger partial charge in [0.25, 0.3) is 5.91 Å². The van der Waals surface area contributed by atoms with Crippen molar-refractivity contribution >= 4 is 29.1 Å². The van der Waals surface area contributed by atoms with Gasteiger partial charge in [-0.3, -0.25) is 4.79 Å². The number of carbonyl (C=O) groups excluding carboxylic acids is 1. The van der Waals surface area contributed by atoms with Crippen LogP contribution < -0.4 is 10.1 Å². The van der Waals surface area contributed by atoms with E-state index in [1.807, 2.05) is 0 Å². The largest absolute Gasteiger partial charge is 0.482 e. The summed E-state index contributed by atoms with van der Waals surface area (Å²) in [6.07, 6.45) is 4.50. The predicted molar refractivity (Wildman–Crippen MR) is 72.4 cm³/mol. The minimum atomic E-state index is -0.104. The maximum absolute atomic E-state index is 11.6. The standard InChI is InChI=1S/C13H15Cl2NO2/c14-9-5-6-12(11(15)7-9)18-8-13(17)16-10-3-1-2-4-10/h5-7,10H,1-4,8H2,(H,16,17). The van der Waals surface area contributed by atoms with Crippen LogP contribution in [0.5, 0.6) is 5.75 Å². The van der Waals surface area contributed by atoms with E-state index in [1.54, 1.807) is 18.2 Å². The molecule has 0 spiro atoms. The number of amides is 1. The quantitative estimate of drug-likeness (QED) is 0.921. The molecule has 1 aliphatic carbocycles. The zero-order chi connectivity index (χ0) is 13.0. The highest BCUT2D eigenvalue weighted by Gasteiger charge is 2.17. The van der Waals surface area contributed by atoms with Crippen molar-refractivity contribution in [3.8, 4) is 5.75 Å². The van der Waals surface area contributed by atoms with E-state index in [2.05, 4.69) is 5.32 Å². The monoisotopic (exact) mass is 287 g/mol. The predicted octanol–water partition coefficient (Wildman–Crippen LogP) is 3.43. The fourth-order valence-electron chi connectivity index (χ4n) is 2.08. The van der Waals surface area contributed by atoms with Crippen molar-refractivity contribution in [1.29, 1.82) is 0 Å². The van der Waals surface area contributed by atoms with Crippen LogP contribution in [0, 0.1) is 0 Å². The number of nitrogens with one attached hydrogen (secondary N) is 1. The van der Waals surface area contributed by atoms with Crippen LogP contribution in [0.1, 0.15) is 25.7 Å². The van der Waals surface area contributed by atoms with Gasteiger partial charge in [-0.2, -0.15) is 0 Å². The molecule has 98 valence electrons. The Morgan fingerprint density at radius 3 is 2.72 bits per heavy atom. The second-order valence-corrected chi connectivity index (χ2v) is 5.26.